The van der Waals surface area contributed by atoms with Gasteiger partial charge in [-0.2, -0.15) is 0 Å². The van der Waals surface area contributed by atoms with E-state index in [1.807, 2.05) is 6.92 Å². The van der Waals surface area contributed by atoms with E-state index in [9.17, 15) is 10.2 Å². The van der Waals surface area contributed by atoms with Gasteiger partial charge in [-0.05, 0) is 13.5 Å². The van der Waals surface area contributed by atoms with Gasteiger partial charge in [0.2, 0.25) is 0 Å². The summed E-state index contributed by atoms with van der Waals surface area (Å²) in [6.07, 6.45) is 0.808. The Bertz CT molecular complexity index is 151. The molecule has 0 aromatic rings. The van der Waals surface area contributed by atoms with Gasteiger partial charge in [-0.15, -0.1) is 0 Å². The molecule has 0 heterocycles. The van der Waals surface area contributed by atoms with E-state index in [-0.39, 0.29) is 12.5 Å². The van der Waals surface area contributed by atoms with Crippen LogP contribution in [0, 0.1) is 0 Å². The first kappa shape index (κ1) is 13.8. The van der Waals surface area contributed by atoms with Gasteiger partial charge in [0, 0.05) is 12.5 Å². The van der Waals surface area contributed by atoms with E-state index in [0.717, 1.165) is 6.42 Å². The van der Waals surface area contributed by atoms with Gasteiger partial charge >= 0.3 is 0 Å². The first-order chi connectivity index (χ1) is 6.49. The van der Waals surface area contributed by atoms with Crippen LogP contribution in [-0.4, -0.2) is 46.8 Å². The van der Waals surface area contributed by atoms with Gasteiger partial charge in [0.1, 0.15) is 5.72 Å². The van der Waals surface area contributed by atoms with Crippen molar-refractivity contribution >= 4 is 0 Å². The lowest BCUT2D eigenvalue weighted by molar-refractivity contribution is -0.0734. The molecule has 86 valence electrons. The molecule has 0 aromatic heterocycles. The highest BCUT2D eigenvalue weighted by molar-refractivity contribution is 4.82. The summed E-state index contributed by atoms with van der Waals surface area (Å²) in [5, 5.41) is 30.7. The molecule has 0 bridgehead atoms. The molecule has 14 heavy (non-hydrogen) atoms. The number of hydrogen-bond donors (Lipinski definition) is 5. The predicted octanol–water partition coefficient (Wildman–Crippen LogP) is -1.23. The molecule has 0 saturated heterocycles. The lowest BCUT2D eigenvalue weighted by Gasteiger charge is -2.30. The fourth-order valence-electron chi connectivity index (χ4n) is 1.27. The third-order valence-corrected chi connectivity index (χ3v) is 2.39. The molecular formula is C9H22N2O3. The normalized spacial score (nSPS) is 20.1. The standard InChI is InChI=1S/C9H22N2O3/c1-3-4-7(10)8(13)5-9(14,6-12)11-2/h7-8,11-14H,3-6,10H2,1-2H3. The minimum absolute atomic E-state index is 0.0289. The van der Waals surface area contributed by atoms with Crippen LogP contribution < -0.4 is 11.1 Å². The van der Waals surface area contributed by atoms with E-state index >= 15 is 0 Å². The molecule has 3 atom stereocenters. The molecule has 0 aliphatic heterocycles. The zero-order valence-electron chi connectivity index (χ0n) is 8.90. The zero-order valence-corrected chi connectivity index (χ0v) is 8.90. The molecule has 0 radical (unpaired) electrons. The van der Waals surface area contributed by atoms with Gasteiger partial charge in [0.25, 0.3) is 0 Å². The molecule has 6 N–H and O–H groups in total. The van der Waals surface area contributed by atoms with Gasteiger partial charge in [-0.3, -0.25) is 5.32 Å². The number of nitrogens with one attached hydrogen (secondary N) is 1. The summed E-state index contributed by atoms with van der Waals surface area (Å²) in [6, 6.07) is -0.355. The highest BCUT2D eigenvalue weighted by Gasteiger charge is 2.29. The average molecular weight is 206 g/mol. The minimum Gasteiger partial charge on any atom is -0.392 e. The molecule has 0 aliphatic carbocycles. The zero-order chi connectivity index (χ0) is 11.2. The lowest BCUT2D eigenvalue weighted by atomic mass is 9.98. The summed E-state index contributed by atoms with van der Waals surface area (Å²) in [7, 11) is 1.52. The number of aliphatic hydroxyl groups excluding tert-OH is 2. The van der Waals surface area contributed by atoms with Crippen LogP contribution in [0.3, 0.4) is 0 Å². The van der Waals surface area contributed by atoms with Gasteiger partial charge in [0.15, 0.2) is 0 Å². The first-order valence-corrected chi connectivity index (χ1v) is 4.95. The van der Waals surface area contributed by atoms with Crippen molar-refractivity contribution in [2.24, 2.45) is 5.73 Å². The molecule has 0 aromatic carbocycles. The quantitative estimate of drug-likeness (QED) is 0.336. The Hall–Kier alpha value is -0.200. The predicted molar refractivity (Wildman–Crippen MR) is 54.6 cm³/mol. The van der Waals surface area contributed by atoms with Gasteiger partial charge in [0.05, 0.1) is 12.7 Å². The molecule has 0 spiro atoms. The maximum atomic E-state index is 9.64. The molecule has 0 saturated carbocycles. The maximum absolute atomic E-state index is 9.64. The number of hydrogen-bond acceptors (Lipinski definition) is 5. The third-order valence-electron chi connectivity index (χ3n) is 2.39. The Morgan fingerprint density at radius 3 is 2.43 bits per heavy atom. The van der Waals surface area contributed by atoms with Crippen molar-refractivity contribution in [3.8, 4) is 0 Å². The second-order valence-corrected chi connectivity index (χ2v) is 3.66. The van der Waals surface area contributed by atoms with Crippen LogP contribution in [0.2, 0.25) is 0 Å². The van der Waals surface area contributed by atoms with Crippen LogP contribution in [-0.2, 0) is 0 Å². The second-order valence-electron chi connectivity index (χ2n) is 3.66. The Balaban J connectivity index is 4.07. The van der Waals surface area contributed by atoms with Crippen molar-refractivity contribution in [3.63, 3.8) is 0 Å². The highest BCUT2D eigenvalue weighted by atomic mass is 16.3. The van der Waals surface area contributed by atoms with Crippen LogP contribution in [0.25, 0.3) is 0 Å². The van der Waals surface area contributed by atoms with Crippen molar-refractivity contribution in [1.82, 2.24) is 5.32 Å². The summed E-state index contributed by atoms with van der Waals surface area (Å²) in [5.41, 5.74) is 4.23. The largest absolute Gasteiger partial charge is 0.392 e. The average Bonchev–Trinajstić information content (AvgIpc) is 2.18. The molecule has 5 nitrogen and oxygen atoms in total. The SMILES string of the molecule is CCCC(N)C(O)CC(O)(CO)NC. The molecule has 0 fully saturated rings. The Labute approximate surface area is 84.9 Å². The minimum atomic E-state index is -1.44. The van der Waals surface area contributed by atoms with Crippen molar-refractivity contribution < 1.29 is 15.3 Å². The third kappa shape index (κ3) is 4.34. The van der Waals surface area contributed by atoms with Crippen LogP contribution in [0.15, 0.2) is 0 Å². The van der Waals surface area contributed by atoms with Crippen LogP contribution >= 0.6 is 0 Å². The van der Waals surface area contributed by atoms with Gasteiger partial charge in [-0.1, -0.05) is 13.3 Å². The van der Waals surface area contributed by atoms with Crippen molar-refractivity contribution in [1.29, 1.82) is 0 Å². The van der Waals surface area contributed by atoms with Crippen LogP contribution in [0.1, 0.15) is 26.2 Å². The summed E-state index contributed by atoms with van der Waals surface area (Å²) in [6.45, 7) is 1.53. The van der Waals surface area contributed by atoms with Crippen LogP contribution in [0.5, 0.6) is 0 Å². The first-order valence-electron chi connectivity index (χ1n) is 4.95. The molecule has 0 amide bonds. The van der Waals surface area contributed by atoms with Gasteiger partial charge < -0.3 is 21.1 Å². The summed E-state index contributed by atoms with van der Waals surface area (Å²) in [5.74, 6) is 0. The molecular weight excluding hydrogens is 184 g/mol. The highest BCUT2D eigenvalue weighted by Crippen LogP contribution is 2.12. The van der Waals surface area contributed by atoms with E-state index in [4.69, 9.17) is 10.8 Å². The van der Waals surface area contributed by atoms with Crippen molar-refractivity contribution in [2.75, 3.05) is 13.7 Å². The van der Waals surface area contributed by atoms with E-state index in [0.29, 0.717) is 6.42 Å². The Morgan fingerprint density at radius 2 is 2.07 bits per heavy atom. The number of likely N-dealkylation sites (N-methyl/N-ethyl adjacent to an activating group) is 1. The lowest BCUT2D eigenvalue weighted by Crippen LogP contribution is -2.51. The van der Waals surface area contributed by atoms with E-state index < -0.39 is 18.4 Å². The van der Waals surface area contributed by atoms with Gasteiger partial charge in [-0.25, -0.2) is 0 Å². The molecule has 3 unspecified atom stereocenters. The van der Waals surface area contributed by atoms with Crippen molar-refractivity contribution in [2.45, 2.75) is 44.1 Å². The van der Waals surface area contributed by atoms with E-state index in [1.165, 1.54) is 7.05 Å². The fraction of sp³-hybridized carbons (Fsp3) is 1.00. The monoisotopic (exact) mass is 206 g/mol. The smallest absolute Gasteiger partial charge is 0.141 e. The Morgan fingerprint density at radius 1 is 1.50 bits per heavy atom. The number of aliphatic hydroxyl groups is 3. The maximum Gasteiger partial charge on any atom is 0.141 e. The fourth-order valence-corrected chi connectivity index (χ4v) is 1.27. The summed E-state index contributed by atoms with van der Waals surface area (Å²) < 4.78 is 0. The second kappa shape index (κ2) is 6.31. The summed E-state index contributed by atoms with van der Waals surface area (Å²) in [4.78, 5) is 0. The number of nitrogens with two attached hydrogens (primary N) is 1. The van der Waals surface area contributed by atoms with E-state index in [2.05, 4.69) is 5.32 Å². The van der Waals surface area contributed by atoms with E-state index in [1.54, 1.807) is 0 Å². The van der Waals surface area contributed by atoms with Crippen molar-refractivity contribution in [3.05, 3.63) is 0 Å². The molecule has 0 aliphatic rings. The Kier molecular flexibility index (Phi) is 6.22. The molecule has 0 rings (SSSR count). The molecule has 5 heteroatoms. The topological polar surface area (TPSA) is 98.7 Å². The number of rotatable bonds is 7. The summed E-state index contributed by atoms with van der Waals surface area (Å²) >= 11 is 0. The van der Waals surface area contributed by atoms with Crippen LogP contribution in [0.4, 0.5) is 0 Å².